The predicted molar refractivity (Wildman–Crippen MR) is 57.2 cm³/mol. The molecule has 1 aliphatic carbocycles. The number of hydrogen-bond donors (Lipinski definition) is 1. The average molecular weight is 201 g/mol. The quantitative estimate of drug-likeness (QED) is 0.752. The van der Waals surface area contributed by atoms with Crippen LogP contribution in [0.15, 0.2) is 30.0 Å². The summed E-state index contributed by atoms with van der Waals surface area (Å²) in [5, 5.41) is 2.58. The molecule has 1 amide bonds. The number of allylic oxidation sites excluding steroid dienone is 2. The van der Waals surface area contributed by atoms with Crippen molar-refractivity contribution in [1.82, 2.24) is 5.32 Å². The Hall–Kier alpha value is -1.90. The van der Waals surface area contributed by atoms with Crippen molar-refractivity contribution in [3.05, 3.63) is 41.1 Å². The van der Waals surface area contributed by atoms with Crippen LogP contribution in [0.25, 0.3) is 5.57 Å². The SMILES string of the molecule is CC(=O)NC1=C(C)c2ccccc2C1=O. The molecule has 1 aromatic carbocycles. The normalized spacial score (nSPS) is 14.1. The Balaban J connectivity index is 2.50. The highest BCUT2D eigenvalue weighted by molar-refractivity contribution is 6.21. The molecule has 3 heteroatoms. The van der Waals surface area contributed by atoms with Crippen LogP contribution in [-0.4, -0.2) is 11.7 Å². The Kier molecular flexibility index (Phi) is 2.15. The van der Waals surface area contributed by atoms with Crippen LogP contribution >= 0.6 is 0 Å². The van der Waals surface area contributed by atoms with Crippen LogP contribution < -0.4 is 5.32 Å². The number of ketones is 1. The fourth-order valence-electron chi connectivity index (χ4n) is 1.77. The lowest BCUT2D eigenvalue weighted by Crippen LogP contribution is -2.23. The van der Waals surface area contributed by atoms with Crippen LogP contribution in [0.4, 0.5) is 0 Å². The predicted octanol–water partition coefficient (Wildman–Crippen LogP) is 1.75. The molecule has 0 saturated heterocycles. The standard InChI is InChI=1S/C12H11NO2/c1-7-9-5-3-4-6-10(9)12(15)11(7)13-8(2)14/h3-6H,1-2H3,(H,13,14,15). The van der Waals surface area contributed by atoms with E-state index in [2.05, 4.69) is 5.32 Å². The zero-order chi connectivity index (χ0) is 11.0. The summed E-state index contributed by atoms with van der Waals surface area (Å²) in [5.74, 6) is -0.316. The van der Waals surface area contributed by atoms with Gasteiger partial charge in [0.1, 0.15) is 0 Å². The summed E-state index contributed by atoms with van der Waals surface area (Å²) in [6.07, 6.45) is 0. The number of hydrogen-bond acceptors (Lipinski definition) is 2. The first kappa shape index (κ1) is 9.65. The van der Waals surface area contributed by atoms with Gasteiger partial charge < -0.3 is 5.32 Å². The fourth-order valence-corrected chi connectivity index (χ4v) is 1.77. The summed E-state index contributed by atoms with van der Waals surface area (Å²) in [5.41, 5.74) is 2.82. The Labute approximate surface area is 87.8 Å². The Morgan fingerprint density at radius 1 is 1.20 bits per heavy atom. The van der Waals surface area contributed by atoms with Gasteiger partial charge in [-0.1, -0.05) is 24.3 Å². The monoisotopic (exact) mass is 201 g/mol. The van der Waals surface area contributed by atoms with Gasteiger partial charge in [-0.05, 0) is 18.1 Å². The van der Waals surface area contributed by atoms with Crippen molar-refractivity contribution in [1.29, 1.82) is 0 Å². The number of Topliss-reactive ketones (excluding diaryl/α,β-unsaturated/α-hetero) is 1. The second kappa shape index (κ2) is 3.35. The molecular formula is C12H11NO2. The van der Waals surface area contributed by atoms with Crippen molar-refractivity contribution >= 4 is 17.3 Å². The number of fused-ring (bicyclic) bond motifs is 1. The summed E-state index contributed by atoms with van der Waals surface area (Å²) in [6.45, 7) is 3.24. The number of carbonyl (C=O) groups is 2. The molecule has 0 aromatic heterocycles. The van der Waals surface area contributed by atoms with Gasteiger partial charge in [-0.15, -0.1) is 0 Å². The smallest absolute Gasteiger partial charge is 0.221 e. The second-order valence-corrected chi connectivity index (χ2v) is 3.56. The number of amides is 1. The van der Waals surface area contributed by atoms with Crippen LogP contribution in [-0.2, 0) is 4.79 Å². The molecule has 0 unspecified atom stereocenters. The highest BCUT2D eigenvalue weighted by Gasteiger charge is 2.26. The van der Waals surface area contributed by atoms with E-state index >= 15 is 0 Å². The maximum atomic E-state index is 11.9. The lowest BCUT2D eigenvalue weighted by molar-refractivity contribution is -0.118. The molecule has 1 N–H and O–H groups in total. The van der Waals surface area contributed by atoms with Gasteiger partial charge in [-0.2, -0.15) is 0 Å². The topological polar surface area (TPSA) is 46.2 Å². The summed E-state index contributed by atoms with van der Waals surface area (Å²) in [6, 6.07) is 7.36. The maximum absolute atomic E-state index is 11.9. The first-order chi connectivity index (χ1) is 7.11. The van der Waals surface area contributed by atoms with Crippen molar-refractivity contribution in [2.75, 3.05) is 0 Å². The summed E-state index contributed by atoms with van der Waals surface area (Å²) in [4.78, 5) is 22.8. The summed E-state index contributed by atoms with van der Waals surface area (Å²) >= 11 is 0. The molecule has 1 aromatic rings. The van der Waals surface area contributed by atoms with Crippen molar-refractivity contribution in [3.8, 4) is 0 Å². The molecule has 0 aliphatic heterocycles. The van der Waals surface area contributed by atoms with Gasteiger partial charge >= 0.3 is 0 Å². The van der Waals surface area contributed by atoms with Crippen LogP contribution in [0.3, 0.4) is 0 Å². The van der Waals surface area contributed by atoms with Crippen molar-refractivity contribution in [2.24, 2.45) is 0 Å². The molecule has 76 valence electrons. The lowest BCUT2D eigenvalue weighted by Gasteiger charge is -2.01. The molecule has 0 spiro atoms. The van der Waals surface area contributed by atoms with Crippen molar-refractivity contribution in [3.63, 3.8) is 0 Å². The molecule has 1 aliphatic rings. The van der Waals surface area contributed by atoms with Gasteiger partial charge in [0, 0.05) is 12.5 Å². The van der Waals surface area contributed by atoms with Gasteiger partial charge in [-0.25, -0.2) is 0 Å². The second-order valence-electron chi connectivity index (χ2n) is 3.56. The zero-order valence-corrected chi connectivity index (χ0v) is 8.63. The maximum Gasteiger partial charge on any atom is 0.221 e. The van der Waals surface area contributed by atoms with Gasteiger partial charge in [0.25, 0.3) is 0 Å². The minimum Gasteiger partial charge on any atom is -0.323 e. The van der Waals surface area contributed by atoms with Crippen molar-refractivity contribution in [2.45, 2.75) is 13.8 Å². The van der Waals surface area contributed by atoms with E-state index in [1.165, 1.54) is 6.92 Å². The molecule has 0 heterocycles. The Morgan fingerprint density at radius 2 is 1.80 bits per heavy atom. The molecule has 0 atom stereocenters. The van der Waals surface area contributed by atoms with Crippen LogP contribution in [0.2, 0.25) is 0 Å². The first-order valence-electron chi connectivity index (χ1n) is 4.74. The molecule has 0 radical (unpaired) electrons. The third-order valence-electron chi connectivity index (χ3n) is 2.48. The van der Waals surface area contributed by atoms with Crippen LogP contribution in [0.5, 0.6) is 0 Å². The van der Waals surface area contributed by atoms with E-state index in [0.29, 0.717) is 11.3 Å². The summed E-state index contributed by atoms with van der Waals surface area (Å²) < 4.78 is 0. The molecular weight excluding hydrogens is 190 g/mol. The third kappa shape index (κ3) is 1.46. The number of rotatable bonds is 1. The average Bonchev–Trinajstić information content (AvgIpc) is 2.44. The van der Waals surface area contributed by atoms with Crippen LogP contribution in [0.1, 0.15) is 29.8 Å². The lowest BCUT2D eigenvalue weighted by atomic mass is 10.1. The van der Waals surface area contributed by atoms with E-state index < -0.39 is 0 Å². The highest BCUT2D eigenvalue weighted by atomic mass is 16.2. The fraction of sp³-hybridized carbons (Fsp3) is 0.167. The number of benzene rings is 1. The van der Waals surface area contributed by atoms with Gasteiger partial charge in [0.05, 0.1) is 5.70 Å². The van der Waals surface area contributed by atoms with Gasteiger partial charge in [0.2, 0.25) is 11.7 Å². The van der Waals surface area contributed by atoms with Crippen LogP contribution in [0, 0.1) is 0 Å². The van der Waals surface area contributed by atoms with Gasteiger partial charge in [0.15, 0.2) is 0 Å². The largest absolute Gasteiger partial charge is 0.323 e. The molecule has 0 bridgehead atoms. The molecule has 2 rings (SSSR count). The number of nitrogens with one attached hydrogen (secondary N) is 1. The Bertz CT molecular complexity index is 486. The van der Waals surface area contributed by atoms with E-state index in [-0.39, 0.29) is 11.7 Å². The minimum absolute atomic E-state index is 0.0988. The highest BCUT2D eigenvalue weighted by Crippen LogP contribution is 2.30. The zero-order valence-electron chi connectivity index (χ0n) is 8.63. The Morgan fingerprint density at radius 3 is 2.33 bits per heavy atom. The van der Waals surface area contributed by atoms with E-state index in [0.717, 1.165) is 11.1 Å². The molecule has 15 heavy (non-hydrogen) atoms. The molecule has 0 fully saturated rings. The first-order valence-corrected chi connectivity index (χ1v) is 4.74. The molecule has 3 nitrogen and oxygen atoms in total. The van der Waals surface area contributed by atoms with Crippen molar-refractivity contribution < 1.29 is 9.59 Å². The third-order valence-corrected chi connectivity index (χ3v) is 2.48. The van der Waals surface area contributed by atoms with Gasteiger partial charge in [-0.3, -0.25) is 9.59 Å². The van der Waals surface area contributed by atoms with E-state index in [1.807, 2.05) is 25.1 Å². The minimum atomic E-state index is -0.217. The van der Waals surface area contributed by atoms with E-state index in [4.69, 9.17) is 0 Å². The molecule has 0 saturated carbocycles. The number of carbonyl (C=O) groups excluding carboxylic acids is 2. The van der Waals surface area contributed by atoms with E-state index in [9.17, 15) is 9.59 Å². The van der Waals surface area contributed by atoms with E-state index in [1.54, 1.807) is 6.07 Å². The summed E-state index contributed by atoms with van der Waals surface area (Å²) in [7, 11) is 0.